The van der Waals surface area contributed by atoms with Crippen molar-refractivity contribution in [3.63, 3.8) is 0 Å². The molecule has 0 aliphatic rings. The van der Waals surface area contributed by atoms with Gasteiger partial charge >= 0.3 is 0 Å². The average molecular weight is 357 g/mol. The maximum absolute atomic E-state index is 9.84. The molecule has 0 aliphatic heterocycles. The molecule has 0 unspecified atom stereocenters. The monoisotopic (exact) mass is 356 g/mol. The molecule has 3 nitrogen and oxygen atoms in total. The Labute approximate surface area is 158 Å². The molecule has 0 amide bonds. The molecule has 2 rings (SSSR count). The standard InChI is InChI=1S/C14H22O.C9H10O2/c1-13(2,3)10-7-8-12(15)11(9-10)14(4,5)6;1-3-7-4-5-8(10)9(6-7)11-2/h7-9,15H,1-6H3;3-6,10H,1H2,2H3. The molecular formula is C23H32O3. The molecular weight excluding hydrogens is 324 g/mol. The molecule has 0 saturated heterocycles. The summed E-state index contributed by atoms with van der Waals surface area (Å²) in [4.78, 5) is 0. The predicted octanol–water partition coefficient (Wildman–Crippen LogP) is 6.03. The quantitative estimate of drug-likeness (QED) is 0.690. The van der Waals surface area contributed by atoms with Crippen LogP contribution in [0, 0.1) is 0 Å². The minimum Gasteiger partial charge on any atom is -0.508 e. The van der Waals surface area contributed by atoms with E-state index in [9.17, 15) is 10.2 Å². The number of benzene rings is 2. The molecule has 0 heterocycles. The fraction of sp³-hybridized carbons (Fsp3) is 0.391. The smallest absolute Gasteiger partial charge is 0.161 e. The highest BCUT2D eigenvalue weighted by Crippen LogP contribution is 2.34. The van der Waals surface area contributed by atoms with Gasteiger partial charge in [-0.2, -0.15) is 0 Å². The van der Waals surface area contributed by atoms with Gasteiger partial charge in [0.25, 0.3) is 0 Å². The maximum atomic E-state index is 9.84. The zero-order valence-electron chi connectivity index (χ0n) is 17.1. The zero-order chi connectivity index (χ0) is 20.1. The van der Waals surface area contributed by atoms with E-state index in [1.807, 2.05) is 6.07 Å². The summed E-state index contributed by atoms with van der Waals surface area (Å²) >= 11 is 0. The van der Waals surface area contributed by atoms with Gasteiger partial charge in [-0.05, 0) is 45.7 Å². The molecule has 0 fully saturated rings. The van der Waals surface area contributed by atoms with Crippen LogP contribution in [-0.2, 0) is 10.8 Å². The van der Waals surface area contributed by atoms with Crippen molar-refractivity contribution in [1.29, 1.82) is 0 Å². The number of methoxy groups -OCH3 is 1. The van der Waals surface area contributed by atoms with E-state index in [2.05, 4.69) is 54.2 Å². The highest BCUT2D eigenvalue weighted by molar-refractivity contribution is 5.53. The van der Waals surface area contributed by atoms with Gasteiger partial charge in [-0.15, -0.1) is 0 Å². The molecule has 3 heteroatoms. The molecule has 0 aromatic heterocycles. The summed E-state index contributed by atoms with van der Waals surface area (Å²) in [5.41, 5.74) is 3.35. The minimum absolute atomic E-state index is 0.00859. The number of hydrogen-bond donors (Lipinski definition) is 2. The van der Waals surface area contributed by atoms with Crippen LogP contribution in [0.4, 0.5) is 0 Å². The lowest BCUT2D eigenvalue weighted by atomic mass is 9.80. The summed E-state index contributed by atoms with van der Waals surface area (Å²) in [6.45, 7) is 16.5. The summed E-state index contributed by atoms with van der Waals surface area (Å²) in [5.74, 6) is 1.02. The first kappa shape index (κ1) is 21.6. The van der Waals surface area contributed by atoms with Gasteiger partial charge in [0.05, 0.1) is 7.11 Å². The van der Waals surface area contributed by atoms with E-state index in [1.54, 1.807) is 30.3 Å². The molecule has 2 aromatic carbocycles. The Morgan fingerprint density at radius 3 is 1.88 bits per heavy atom. The zero-order valence-corrected chi connectivity index (χ0v) is 17.1. The summed E-state index contributed by atoms with van der Waals surface area (Å²) in [7, 11) is 1.52. The van der Waals surface area contributed by atoms with E-state index in [4.69, 9.17) is 4.74 Å². The third kappa shape index (κ3) is 5.83. The summed E-state index contributed by atoms with van der Waals surface area (Å²) < 4.78 is 4.89. The normalized spacial score (nSPS) is 11.3. The van der Waals surface area contributed by atoms with Crippen LogP contribution >= 0.6 is 0 Å². The Morgan fingerprint density at radius 1 is 0.846 bits per heavy atom. The second-order valence-corrected chi connectivity index (χ2v) is 8.37. The highest BCUT2D eigenvalue weighted by Gasteiger charge is 2.21. The fourth-order valence-electron chi connectivity index (χ4n) is 2.42. The van der Waals surface area contributed by atoms with Gasteiger partial charge in [-0.3, -0.25) is 0 Å². The van der Waals surface area contributed by atoms with E-state index in [-0.39, 0.29) is 16.6 Å². The molecule has 0 spiro atoms. The summed E-state index contributed by atoms with van der Waals surface area (Å²) in [6, 6.07) is 11.0. The van der Waals surface area contributed by atoms with Crippen LogP contribution in [0.25, 0.3) is 6.08 Å². The molecule has 0 radical (unpaired) electrons. The fourth-order valence-corrected chi connectivity index (χ4v) is 2.42. The molecule has 0 saturated carbocycles. The number of phenolic OH excluding ortho intramolecular Hbond substituents is 2. The first-order valence-electron chi connectivity index (χ1n) is 8.73. The third-order valence-electron chi connectivity index (χ3n) is 4.11. The van der Waals surface area contributed by atoms with Crippen molar-refractivity contribution < 1.29 is 14.9 Å². The second-order valence-electron chi connectivity index (χ2n) is 8.37. The van der Waals surface area contributed by atoms with Gasteiger partial charge in [0.1, 0.15) is 5.75 Å². The number of hydrogen-bond acceptors (Lipinski definition) is 3. The van der Waals surface area contributed by atoms with E-state index < -0.39 is 0 Å². The van der Waals surface area contributed by atoms with Crippen LogP contribution in [0.15, 0.2) is 43.0 Å². The van der Waals surface area contributed by atoms with Gasteiger partial charge in [0.2, 0.25) is 0 Å². The predicted molar refractivity (Wildman–Crippen MR) is 110 cm³/mol. The topological polar surface area (TPSA) is 49.7 Å². The van der Waals surface area contributed by atoms with Crippen LogP contribution in [0.3, 0.4) is 0 Å². The highest BCUT2D eigenvalue weighted by atomic mass is 16.5. The van der Waals surface area contributed by atoms with Gasteiger partial charge in [0, 0.05) is 0 Å². The molecule has 0 atom stereocenters. The molecule has 2 N–H and O–H groups in total. The number of ether oxygens (including phenoxy) is 1. The maximum Gasteiger partial charge on any atom is 0.161 e. The van der Waals surface area contributed by atoms with Crippen molar-refractivity contribution in [3.05, 3.63) is 59.7 Å². The van der Waals surface area contributed by atoms with Gasteiger partial charge in [0.15, 0.2) is 11.5 Å². The largest absolute Gasteiger partial charge is 0.508 e. The average Bonchev–Trinajstić information content (AvgIpc) is 2.54. The van der Waals surface area contributed by atoms with Crippen molar-refractivity contribution in [2.24, 2.45) is 0 Å². The Morgan fingerprint density at radius 2 is 1.42 bits per heavy atom. The molecule has 142 valence electrons. The molecule has 26 heavy (non-hydrogen) atoms. The first-order valence-corrected chi connectivity index (χ1v) is 8.73. The lowest BCUT2D eigenvalue weighted by molar-refractivity contribution is 0.373. The third-order valence-corrected chi connectivity index (χ3v) is 4.11. The number of aromatic hydroxyl groups is 2. The van der Waals surface area contributed by atoms with Gasteiger partial charge in [-0.1, -0.05) is 72.4 Å². The van der Waals surface area contributed by atoms with E-state index in [1.165, 1.54) is 12.7 Å². The summed E-state index contributed by atoms with van der Waals surface area (Å²) in [6.07, 6.45) is 1.70. The number of phenols is 2. The second kappa shape index (κ2) is 8.31. The Balaban J connectivity index is 0.000000273. The van der Waals surface area contributed by atoms with Gasteiger partial charge < -0.3 is 14.9 Å². The lowest BCUT2D eigenvalue weighted by Crippen LogP contribution is -2.16. The van der Waals surface area contributed by atoms with Crippen LogP contribution in [-0.4, -0.2) is 17.3 Å². The Kier molecular flexibility index (Phi) is 6.91. The van der Waals surface area contributed by atoms with E-state index in [0.29, 0.717) is 11.5 Å². The lowest BCUT2D eigenvalue weighted by Gasteiger charge is -2.25. The van der Waals surface area contributed by atoms with Crippen LogP contribution in [0.1, 0.15) is 58.2 Å². The summed E-state index contributed by atoms with van der Waals surface area (Å²) in [5, 5.41) is 19.0. The van der Waals surface area contributed by atoms with E-state index in [0.717, 1.165) is 11.1 Å². The first-order chi connectivity index (χ1) is 11.9. The van der Waals surface area contributed by atoms with Crippen LogP contribution in [0.5, 0.6) is 17.2 Å². The van der Waals surface area contributed by atoms with Crippen molar-refractivity contribution in [2.75, 3.05) is 7.11 Å². The minimum atomic E-state index is -0.00859. The molecule has 0 bridgehead atoms. The van der Waals surface area contributed by atoms with Crippen LogP contribution in [0.2, 0.25) is 0 Å². The van der Waals surface area contributed by atoms with Crippen molar-refractivity contribution in [1.82, 2.24) is 0 Å². The van der Waals surface area contributed by atoms with Crippen molar-refractivity contribution in [3.8, 4) is 17.2 Å². The van der Waals surface area contributed by atoms with E-state index >= 15 is 0 Å². The van der Waals surface area contributed by atoms with Gasteiger partial charge in [-0.25, -0.2) is 0 Å². The molecule has 2 aromatic rings. The van der Waals surface area contributed by atoms with Crippen LogP contribution < -0.4 is 4.74 Å². The Hall–Kier alpha value is -2.42. The van der Waals surface area contributed by atoms with Crippen molar-refractivity contribution >= 4 is 6.08 Å². The SMILES string of the molecule is C=Cc1ccc(O)c(OC)c1.CC(C)(C)c1ccc(O)c(C(C)(C)C)c1. The Bertz CT molecular complexity index is 747. The van der Waals surface area contributed by atoms with Crippen molar-refractivity contribution in [2.45, 2.75) is 52.4 Å². The number of rotatable bonds is 2. The molecule has 0 aliphatic carbocycles.